The first-order chi connectivity index (χ1) is 14.5. The van der Waals surface area contributed by atoms with Crippen molar-refractivity contribution in [2.75, 3.05) is 24.1 Å². The van der Waals surface area contributed by atoms with E-state index in [1.165, 1.54) is 24.3 Å². The van der Waals surface area contributed by atoms with Crippen molar-refractivity contribution in [1.82, 2.24) is 4.90 Å². The molecule has 5 nitrogen and oxygen atoms in total. The number of nitrogen functional groups attached to an aromatic ring is 1. The molecule has 1 fully saturated rings. The third-order valence-electron chi connectivity index (χ3n) is 5.21. The van der Waals surface area contributed by atoms with E-state index >= 15 is 0 Å². The smallest absolute Gasteiger partial charge is 0.261 e. The number of carbonyl (C=O) groups excluding carboxylic acids is 2. The van der Waals surface area contributed by atoms with Gasteiger partial charge in [-0.05, 0) is 59.7 Å². The SMILES string of the molecule is Nc1ccc(-c2cccs2)cc1NC(=O)c1ccc(C(F)C(=O)N2CCCC2)cc1. The fourth-order valence-corrected chi connectivity index (χ4v) is 4.22. The first-order valence-electron chi connectivity index (χ1n) is 9.80. The highest BCUT2D eigenvalue weighted by molar-refractivity contribution is 7.13. The number of rotatable bonds is 5. The van der Waals surface area contributed by atoms with Gasteiger partial charge in [-0.2, -0.15) is 0 Å². The Bertz CT molecular complexity index is 1040. The molecule has 3 aromatic rings. The van der Waals surface area contributed by atoms with Gasteiger partial charge in [-0.25, -0.2) is 4.39 Å². The third-order valence-corrected chi connectivity index (χ3v) is 6.13. The van der Waals surface area contributed by atoms with Gasteiger partial charge in [-0.1, -0.05) is 24.3 Å². The van der Waals surface area contributed by atoms with Gasteiger partial charge in [0.25, 0.3) is 11.8 Å². The summed E-state index contributed by atoms with van der Waals surface area (Å²) in [5, 5.41) is 4.80. The molecular weight excluding hydrogens is 401 g/mol. The van der Waals surface area contributed by atoms with Crippen molar-refractivity contribution >= 4 is 34.5 Å². The molecular formula is C23H22FN3O2S. The summed E-state index contributed by atoms with van der Waals surface area (Å²) < 4.78 is 14.6. The Hall–Kier alpha value is -3.19. The lowest BCUT2D eigenvalue weighted by molar-refractivity contribution is -0.135. The first kappa shape index (κ1) is 20.1. The minimum atomic E-state index is -1.71. The van der Waals surface area contributed by atoms with Crippen LogP contribution in [0.15, 0.2) is 60.0 Å². The van der Waals surface area contributed by atoms with Crippen LogP contribution in [0.2, 0.25) is 0 Å². The number of hydrogen-bond acceptors (Lipinski definition) is 4. The summed E-state index contributed by atoms with van der Waals surface area (Å²) in [6.45, 7) is 1.21. The molecule has 0 spiro atoms. The standard InChI is InChI=1S/C23H22FN3O2S/c24-21(23(29)27-11-1-2-12-27)15-5-7-16(8-6-15)22(28)26-19-14-17(9-10-18(19)25)20-4-3-13-30-20/h3-10,13-14,21H,1-2,11-12,25H2,(H,26,28). The molecule has 0 bridgehead atoms. The van der Waals surface area contributed by atoms with Gasteiger partial charge >= 0.3 is 0 Å². The van der Waals surface area contributed by atoms with Gasteiger partial charge in [0, 0.05) is 23.5 Å². The maximum atomic E-state index is 14.6. The highest BCUT2D eigenvalue weighted by atomic mass is 32.1. The van der Waals surface area contributed by atoms with E-state index in [1.807, 2.05) is 29.6 Å². The van der Waals surface area contributed by atoms with Crippen LogP contribution in [0.25, 0.3) is 10.4 Å². The molecule has 1 unspecified atom stereocenters. The zero-order valence-electron chi connectivity index (χ0n) is 16.3. The third kappa shape index (κ3) is 4.21. The van der Waals surface area contributed by atoms with Crippen LogP contribution in [0.1, 0.15) is 34.9 Å². The molecule has 2 amide bonds. The number of hydrogen-bond donors (Lipinski definition) is 2. The van der Waals surface area contributed by atoms with Gasteiger partial charge in [0.1, 0.15) is 0 Å². The number of halogens is 1. The van der Waals surface area contributed by atoms with Crippen LogP contribution in [0.5, 0.6) is 0 Å². The number of carbonyl (C=O) groups is 2. The summed E-state index contributed by atoms with van der Waals surface area (Å²) in [5.41, 5.74) is 8.58. The molecule has 1 atom stereocenters. The zero-order chi connectivity index (χ0) is 21.1. The molecule has 1 aliphatic heterocycles. The number of anilines is 2. The van der Waals surface area contributed by atoms with Gasteiger partial charge in [0.15, 0.2) is 0 Å². The van der Waals surface area contributed by atoms with Crippen molar-refractivity contribution in [3.8, 4) is 10.4 Å². The fraction of sp³-hybridized carbons (Fsp3) is 0.217. The average molecular weight is 424 g/mol. The lowest BCUT2D eigenvalue weighted by atomic mass is 10.1. The second-order valence-electron chi connectivity index (χ2n) is 7.25. The molecule has 1 aliphatic rings. The molecule has 3 N–H and O–H groups in total. The van der Waals surface area contributed by atoms with Gasteiger partial charge in [0.2, 0.25) is 6.17 Å². The number of alkyl halides is 1. The van der Waals surface area contributed by atoms with E-state index < -0.39 is 12.1 Å². The molecule has 0 aliphatic carbocycles. The molecule has 1 saturated heterocycles. The summed E-state index contributed by atoms with van der Waals surface area (Å²) in [7, 11) is 0. The molecule has 0 saturated carbocycles. The number of amides is 2. The Labute approximate surface area is 178 Å². The quantitative estimate of drug-likeness (QED) is 0.574. The lowest BCUT2D eigenvalue weighted by Gasteiger charge is -2.18. The van der Waals surface area contributed by atoms with Crippen LogP contribution in [-0.4, -0.2) is 29.8 Å². The summed E-state index contributed by atoms with van der Waals surface area (Å²) >= 11 is 1.60. The molecule has 2 aromatic carbocycles. The van der Waals surface area contributed by atoms with Gasteiger partial charge in [-0.3, -0.25) is 9.59 Å². The van der Waals surface area contributed by atoms with Gasteiger partial charge in [-0.15, -0.1) is 11.3 Å². The Balaban J connectivity index is 1.46. The number of nitrogens with zero attached hydrogens (tertiary/aromatic N) is 1. The Morgan fingerprint density at radius 3 is 2.47 bits per heavy atom. The second kappa shape index (κ2) is 8.67. The largest absolute Gasteiger partial charge is 0.397 e. The topological polar surface area (TPSA) is 75.4 Å². The first-order valence-corrected chi connectivity index (χ1v) is 10.7. The molecule has 0 radical (unpaired) electrons. The molecule has 30 heavy (non-hydrogen) atoms. The molecule has 7 heteroatoms. The number of nitrogens with one attached hydrogen (secondary N) is 1. The highest BCUT2D eigenvalue weighted by Crippen LogP contribution is 2.30. The van der Waals surface area contributed by atoms with Gasteiger partial charge in [0.05, 0.1) is 11.4 Å². The molecule has 154 valence electrons. The summed E-state index contributed by atoms with van der Waals surface area (Å²) in [6.07, 6.45) is 0.112. The van der Waals surface area contributed by atoms with Crippen molar-refractivity contribution in [2.45, 2.75) is 19.0 Å². The Morgan fingerprint density at radius 2 is 1.80 bits per heavy atom. The van der Waals surface area contributed by atoms with Crippen molar-refractivity contribution in [3.63, 3.8) is 0 Å². The summed E-state index contributed by atoms with van der Waals surface area (Å²) in [6, 6.07) is 15.5. The van der Waals surface area contributed by atoms with Crippen LogP contribution in [0, 0.1) is 0 Å². The van der Waals surface area contributed by atoms with E-state index in [-0.39, 0.29) is 11.5 Å². The van der Waals surface area contributed by atoms with Crippen LogP contribution >= 0.6 is 11.3 Å². The maximum absolute atomic E-state index is 14.6. The fourth-order valence-electron chi connectivity index (χ4n) is 3.50. The number of benzene rings is 2. The van der Waals surface area contributed by atoms with Crippen LogP contribution in [0.4, 0.5) is 15.8 Å². The minimum Gasteiger partial charge on any atom is -0.397 e. The molecule has 4 rings (SSSR count). The number of nitrogens with two attached hydrogens (primary N) is 1. The van der Waals surface area contributed by atoms with Crippen molar-refractivity contribution in [2.24, 2.45) is 0 Å². The van der Waals surface area contributed by atoms with E-state index in [4.69, 9.17) is 5.73 Å². The van der Waals surface area contributed by atoms with E-state index in [2.05, 4.69) is 5.32 Å². The van der Waals surface area contributed by atoms with Crippen LogP contribution < -0.4 is 11.1 Å². The second-order valence-corrected chi connectivity index (χ2v) is 8.20. The normalized spacial score (nSPS) is 14.5. The monoisotopic (exact) mass is 423 g/mol. The highest BCUT2D eigenvalue weighted by Gasteiger charge is 2.27. The Morgan fingerprint density at radius 1 is 1.07 bits per heavy atom. The summed E-state index contributed by atoms with van der Waals surface area (Å²) in [4.78, 5) is 27.5. The van der Waals surface area contributed by atoms with Crippen molar-refractivity contribution in [3.05, 3.63) is 71.1 Å². The Kier molecular flexibility index (Phi) is 5.81. The summed E-state index contributed by atoms with van der Waals surface area (Å²) in [5.74, 6) is -0.860. The molecule has 1 aromatic heterocycles. The lowest BCUT2D eigenvalue weighted by Crippen LogP contribution is -2.31. The predicted octanol–water partition coefficient (Wildman–Crippen LogP) is 4.88. The van der Waals surface area contributed by atoms with Crippen molar-refractivity contribution < 1.29 is 14.0 Å². The van der Waals surface area contributed by atoms with Gasteiger partial charge < -0.3 is 16.0 Å². The van der Waals surface area contributed by atoms with Crippen LogP contribution in [-0.2, 0) is 4.79 Å². The number of likely N-dealkylation sites (tertiary alicyclic amines) is 1. The maximum Gasteiger partial charge on any atom is 0.261 e. The molecule has 2 heterocycles. The minimum absolute atomic E-state index is 0.252. The van der Waals surface area contributed by atoms with E-state index in [0.717, 1.165) is 23.3 Å². The number of thiophene rings is 1. The van der Waals surface area contributed by atoms with E-state index in [1.54, 1.807) is 22.3 Å². The van der Waals surface area contributed by atoms with E-state index in [0.29, 0.717) is 30.0 Å². The zero-order valence-corrected chi connectivity index (χ0v) is 17.1. The average Bonchev–Trinajstić information content (AvgIpc) is 3.49. The van der Waals surface area contributed by atoms with E-state index in [9.17, 15) is 14.0 Å². The van der Waals surface area contributed by atoms with Crippen LogP contribution in [0.3, 0.4) is 0 Å². The predicted molar refractivity (Wildman–Crippen MR) is 118 cm³/mol. The van der Waals surface area contributed by atoms with Crippen molar-refractivity contribution in [1.29, 1.82) is 0 Å².